The van der Waals surface area contributed by atoms with Gasteiger partial charge < -0.3 is 73.1 Å². The third kappa shape index (κ3) is 15.9. The van der Waals surface area contributed by atoms with Gasteiger partial charge in [-0.15, -0.1) is 0 Å². The van der Waals surface area contributed by atoms with Gasteiger partial charge in [-0.25, -0.2) is 0 Å². The summed E-state index contributed by atoms with van der Waals surface area (Å²) >= 11 is 0. The Hall–Kier alpha value is -5.30. The Labute approximate surface area is 644 Å². The molecule has 5 saturated carbocycles. The molecule has 0 amide bonds. The minimum absolute atomic E-state index is 0.322. The van der Waals surface area contributed by atoms with Crippen molar-refractivity contribution in [1.82, 2.24) is 24.9 Å². The number of piperidine rings is 5. The maximum absolute atomic E-state index is 5.84. The fraction of sp³-hybridized carbons (Fsp3) is 0.674. The highest BCUT2D eigenvalue weighted by Gasteiger charge is 2.63. The van der Waals surface area contributed by atoms with Crippen LogP contribution in [0.4, 0.5) is 28.4 Å². The van der Waals surface area contributed by atoms with Crippen LogP contribution in [0.1, 0.15) is 150 Å². The minimum atomic E-state index is 0.322. The monoisotopic (exact) mass is 1460 g/mol. The van der Waals surface area contributed by atoms with E-state index in [-0.39, 0.29) is 0 Å². The zero-order valence-corrected chi connectivity index (χ0v) is 68.1. The van der Waals surface area contributed by atoms with Crippen LogP contribution in [0.2, 0.25) is 0 Å². The summed E-state index contributed by atoms with van der Waals surface area (Å²) in [5.74, 6) is 4.50. The number of hydrogen-bond acceptors (Lipinski definition) is 15. The number of likely N-dealkylation sites (tertiary alicyclic amines) is 4. The molecule has 15 nitrogen and oxygen atoms in total. The second kappa shape index (κ2) is 30.7. The first kappa shape index (κ1) is 75.7. The molecule has 8 unspecified atom stereocenters. The smallest absolute Gasteiger partial charge is 0.0726 e. The summed E-state index contributed by atoms with van der Waals surface area (Å²) in [5, 5.41) is 3.52. The number of nitrogens with one attached hydrogen (secondary N) is 1. The number of fused-ring (bicyclic) bond motifs is 5. The maximum atomic E-state index is 5.84. The van der Waals surface area contributed by atoms with Gasteiger partial charge in [0.1, 0.15) is 0 Å². The van der Waals surface area contributed by atoms with E-state index in [1.165, 1.54) is 151 Å². The topological polar surface area (TPSA) is 87.3 Å². The van der Waals surface area contributed by atoms with Crippen LogP contribution in [0.15, 0.2) is 121 Å². The van der Waals surface area contributed by atoms with Crippen LogP contribution in [0.5, 0.6) is 0 Å². The van der Waals surface area contributed by atoms with Gasteiger partial charge in [0.05, 0.1) is 61.0 Å². The number of benzene rings is 5. The van der Waals surface area contributed by atoms with Crippen molar-refractivity contribution in [3.63, 3.8) is 0 Å². The normalized spacial score (nSPS) is 38.7. The molecule has 0 bridgehead atoms. The Balaban J connectivity index is 0.000000102. The summed E-state index contributed by atoms with van der Waals surface area (Å²) in [4.78, 5) is 22.6. The van der Waals surface area contributed by atoms with Crippen LogP contribution in [0, 0.1) is 29.6 Å². The van der Waals surface area contributed by atoms with Crippen molar-refractivity contribution >= 4 is 28.4 Å². The van der Waals surface area contributed by atoms with Crippen LogP contribution >= 0.6 is 0 Å². The number of nitrogens with zero attached hydrogens (tertiary/aromatic N) is 9. The first-order chi connectivity index (χ1) is 51.5. The molecule has 107 heavy (non-hydrogen) atoms. The second-order valence-electron chi connectivity index (χ2n) is 37.1. The molecule has 582 valence electrons. The van der Waals surface area contributed by atoms with Crippen molar-refractivity contribution in [1.29, 1.82) is 0 Å². The van der Waals surface area contributed by atoms with Crippen LogP contribution in [0.25, 0.3) is 0 Å². The molecule has 15 heteroatoms. The summed E-state index contributed by atoms with van der Waals surface area (Å²) in [7, 11) is 2.25. The van der Waals surface area contributed by atoms with Crippen molar-refractivity contribution < 1.29 is 23.7 Å². The Bertz CT molecular complexity index is 3510. The predicted octanol–water partition coefficient (Wildman–Crippen LogP) is 13.3. The average Bonchev–Trinajstić information content (AvgIpc) is 1.57. The van der Waals surface area contributed by atoms with Crippen LogP contribution in [-0.2, 0) is 50.8 Å². The Kier molecular flexibility index (Phi) is 21.7. The largest absolute Gasteiger partial charge is 0.372 e. The number of rotatable bonds is 13. The van der Waals surface area contributed by atoms with E-state index in [4.69, 9.17) is 23.7 Å². The van der Waals surface area contributed by atoms with Crippen molar-refractivity contribution in [3.05, 3.63) is 149 Å². The molecule has 10 saturated heterocycles. The highest BCUT2D eigenvalue weighted by molar-refractivity contribution is 5.56. The van der Waals surface area contributed by atoms with Gasteiger partial charge in [-0.2, -0.15) is 0 Å². The lowest BCUT2D eigenvalue weighted by Crippen LogP contribution is -2.45. The summed E-state index contributed by atoms with van der Waals surface area (Å²) in [5.41, 5.74) is 16.9. The zero-order valence-electron chi connectivity index (χ0n) is 68.1. The quantitative estimate of drug-likeness (QED) is 0.121. The molecule has 5 aromatic carbocycles. The Morgan fingerprint density at radius 1 is 0.280 bits per heavy atom. The molecule has 10 heterocycles. The molecule has 20 rings (SSSR count). The third-order valence-electron chi connectivity index (χ3n) is 28.5. The Morgan fingerprint density at radius 2 is 0.495 bits per heavy atom. The zero-order chi connectivity index (χ0) is 74.3. The molecule has 5 aromatic rings. The van der Waals surface area contributed by atoms with Crippen molar-refractivity contribution in [3.8, 4) is 0 Å². The number of hydrogen-bond donors (Lipinski definition) is 1. The first-order valence-corrected chi connectivity index (χ1v) is 42.7. The van der Waals surface area contributed by atoms with Gasteiger partial charge in [-0.05, 0) is 253 Å². The minimum Gasteiger partial charge on any atom is -0.372 e. The molecular formula is C92H134N10O5. The van der Waals surface area contributed by atoms with E-state index in [0.29, 0.717) is 88.1 Å². The molecule has 5 aliphatic carbocycles. The summed E-state index contributed by atoms with van der Waals surface area (Å²) in [6.45, 7) is 54.7. The molecule has 0 aromatic heterocycles. The number of ether oxygens (including phenoxy) is 5. The molecule has 15 fully saturated rings. The third-order valence-corrected chi connectivity index (χ3v) is 28.5. The van der Waals surface area contributed by atoms with Crippen LogP contribution < -0.4 is 29.8 Å². The lowest BCUT2D eigenvalue weighted by Gasteiger charge is -2.37. The number of likely N-dealkylation sites (N-methyl/N-ethyl adjacent to an activating group) is 4. The molecular weight excluding hydrogens is 1330 g/mol. The van der Waals surface area contributed by atoms with E-state index in [0.717, 1.165) is 95.0 Å². The van der Waals surface area contributed by atoms with Crippen molar-refractivity contribution in [2.45, 2.75) is 210 Å². The first-order valence-electron chi connectivity index (χ1n) is 42.7. The van der Waals surface area contributed by atoms with E-state index >= 15 is 0 Å². The van der Waals surface area contributed by atoms with E-state index in [9.17, 15) is 0 Å². The van der Waals surface area contributed by atoms with Crippen LogP contribution in [0.3, 0.4) is 0 Å². The number of morpholine rings is 5. The molecule has 1 N–H and O–H groups in total. The maximum Gasteiger partial charge on any atom is 0.0726 e. The van der Waals surface area contributed by atoms with E-state index in [1.54, 1.807) is 22.3 Å². The van der Waals surface area contributed by atoms with Gasteiger partial charge in [0.25, 0.3) is 0 Å². The molecule has 20 atom stereocenters. The fourth-order valence-corrected chi connectivity index (χ4v) is 22.8. The molecule has 15 aliphatic rings. The van der Waals surface area contributed by atoms with Crippen molar-refractivity contribution in [2.75, 3.05) is 182 Å². The highest BCUT2D eigenvalue weighted by Crippen LogP contribution is 2.62. The van der Waals surface area contributed by atoms with Crippen molar-refractivity contribution in [2.24, 2.45) is 29.6 Å². The average molecular weight is 1460 g/mol. The molecule has 10 aliphatic heterocycles. The van der Waals surface area contributed by atoms with Crippen LogP contribution in [-0.4, -0.2) is 238 Å². The highest BCUT2D eigenvalue weighted by atomic mass is 16.5. The van der Waals surface area contributed by atoms with E-state index < -0.39 is 0 Å². The van der Waals surface area contributed by atoms with Gasteiger partial charge in [0.2, 0.25) is 0 Å². The predicted molar refractivity (Wildman–Crippen MR) is 439 cm³/mol. The van der Waals surface area contributed by atoms with Gasteiger partial charge >= 0.3 is 0 Å². The summed E-state index contributed by atoms with van der Waals surface area (Å²) in [6, 6.07) is 47.0. The lowest BCUT2D eigenvalue weighted by molar-refractivity contribution is -0.00548. The Morgan fingerprint density at radius 3 is 0.682 bits per heavy atom. The standard InChI is InChI=1S/3C19H28N2O.C18H26N2O.C17H24N2O/c3*1-4-20-12-17-9-19(17,13-20)16-5-7-18(8-6-16)21-10-14(2)22-15(3)11-21;1-13-9-20(10-14(2)21-13)17-6-4-15(5-7-17)18-8-16(18)11-19(3)12-18;1-12-9-19(10-13(2)20-12)16-5-3-14(4-6-16)17-7-15(17)8-18-11-17/h3*5-8,14-15,17H,4,9-13H2,1-3H3;4-7,13-14,16H,8-12H2,1-3H3;3-6,12-13,15,18H,7-11H2,1-2H3/t14?,15?,17-,19+;14-,15-,17+,19-;14-,15-,17-,19+;;12?,13?,15-,17+/m001.0/s1. The summed E-state index contributed by atoms with van der Waals surface area (Å²) in [6.07, 6.45) is 10.2. The summed E-state index contributed by atoms with van der Waals surface area (Å²) < 4.78 is 29.2. The van der Waals surface area contributed by atoms with E-state index in [2.05, 4.69) is 268 Å². The van der Waals surface area contributed by atoms with Gasteiger partial charge in [-0.1, -0.05) is 81.4 Å². The van der Waals surface area contributed by atoms with Gasteiger partial charge in [0, 0.05) is 180 Å². The lowest BCUT2D eigenvalue weighted by atomic mass is 9.94. The van der Waals surface area contributed by atoms with Gasteiger partial charge in [0.15, 0.2) is 0 Å². The van der Waals surface area contributed by atoms with E-state index in [1.807, 2.05) is 0 Å². The molecule has 0 spiro atoms. The second-order valence-corrected chi connectivity index (χ2v) is 37.1. The number of anilines is 5. The SMILES string of the molecule is CC1CN(c2ccc(C34CC3CN(C)C4)cc2)CC(C)O1.CC1CN(c2ccc([C@@]34CNC[C@@H]3C4)cc2)CC(C)O1.CCN1C[C@@H]2C[C@]2(c2ccc(N3CC(C)OC(C)C3)cc2)C1.CCN1C[C@H]2C[C@@]2(c2ccc(N3C[C@@H](C)O[C@H](C)C3)cc2)C1.CCN1C[C@H]2C[C@@]2(c2ccc(N3C[C@H](C)O[C@@H](C)C3)cc2)C1. The molecule has 0 radical (unpaired) electrons. The fourth-order valence-electron chi connectivity index (χ4n) is 22.8. The van der Waals surface area contributed by atoms with Gasteiger partial charge in [-0.3, -0.25) is 0 Å².